The molecule has 0 aliphatic carbocycles. The lowest BCUT2D eigenvalue weighted by Gasteiger charge is -2.27. The third kappa shape index (κ3) is 3.09. The summed E-state index contributed by atoms with van der Waals surface area (Å²) >= 11 is 0. The number of amides is 1. The topological polar surface area (TPSA) is 89.7 Å². The van der Waals surface area contributed by atoms with E-state index >= 15 is 0 Å². The van der Waals surface area contributed by atoms with Crippen molar-refractivity contribution < 1.29 is 22.3 Å². The molecular weight excluding hydrogens is 275 g/mol. The van der Waals surface area contributed by atoms with Gasteiger partial charge in [-0.3, -0.25) is 4.79 Å². The first-order valence-electron chi connectivity index (χ1n) is 5.59. The van der Waals surface area contributed by atoms with E-state index < -0.39 is 20.7 Å². The fourth-order valence-corrected chi connectivity index (χ4v) is 2.43. The van der Waals surface area contributed by atoms with Crippen LogP contribution in [-0.4, -0.2) is 45.5 Å². The number of halogens is 1. The molecule has 2 N–H and O–H groups in total. The molecule has 0 bridgehead atoms. The Bertz CT molecular complexity index is 597. The molecule has 1 aliphatic heterocycles. The van der Waals surface area contributed by atoms with Crippen LogP contribution in [0.1, 0.15) is 10.4 Å². The molecule has 0 atom stereocenters. The van der Waals surface area contributed by atoms with Gasteiger partial charge in [0.25, 0.3) is 5.91 Å². The van der Waals surface area contributed by atoms with Crippen molar-refractivity contribution >= 4 is 15.9 Å². The Morgan fingerprint density at radius 1 is 1.32 bits per heavy atom. The number of nitrogens with two attached hydrogens (primary N) is 1. The van der Waals surface area contributed by atoms with Gasteiger partial charge in [-0.15, -0.1) is 0 Å². The third-order valence-corrected chi connectivity index (χ3v) is 3.71. The van der Waals surface area contributed by atoms with Gasteiger partial charge in [-0.05, 0) is 18.2 Å². The Labute approximate surface area is 110 Å². The van der Waals surface area contributed by atoms with E-state index in [0.29, 0.717) is 26.3 Å². The number of ether oxygens (including phenoxy) is 1. The zero-order valence-electron chi connectivity index (χ0n) is 10.0. The van der Waals surface area contributed by atoms with Crippen molar-refractivity contribution in [3.63, 3.8) is 0 Å². The molecule has 1 aliphatic rings. The summed E-state index contributed by atoms with van der Waals surface area (Å²) in [5.41, 5.74) is 0.0901. The monoisotopic (exact) mass is 288 g/mol. The number of benzene rings is 1. The summed E-state index contributed by atoms with van der Waals surface area (Å²) in [5, 5.41) is 4.89. The van der Waals surface area contributed by atoms with Crippen LogP contribution in [0.4, 0.5) is 4.39 Å². The minimum atomic E-state index is -4.19. The average Bonchev–Trinajstić information content (AvgIpc) is 2.38. The molecule has 0 spiro atoms. The summed E-state index contributed by atoms with van der Waals surface area (Å²) in [6, 6.07) is 3.12. The number of nitrogens with zero attached hydrogens (tertiary/aromatic N) is 1. The Balaban J connectivity index is 2.33. The molecule has 8 heteroatoms. The highest BCUT2D eigenvalue weighted by Crippen LogP contribution is 2.16. The molecule has 6 nitrogen and oxygen atoms in total. The van der Waals surface area contributed by atoms with Gasteiger partial charge in [-0.25, -0.2) is 17.9 Å². The van der Waals surface area contributed by atoms with Crippen LogP contribution in [0.2, 0.25) is 0 Å². The van der Waals surface area contributed by atoms with Gasteiger partial charge in [-0.2, -0.15) is 0 Å². The maximum Gasteiger partial charge on any atom is 0.254 e. The lowest BCUT2D eigenvalue weighted by Crippen LogP contribution is -2.40. The van der Waals surface area contributed by atoms with E-state index in [0.717, 1.165) is 12.1 Å². The maximum absolute atomic E-state index is 13.4. The van der Waals surface area contributed by atoms with Crippen molar-refractivity contribution in [2.24, 2.45) is 5.14 Å². The molecule has 2 rings (SSSR count). The molecule has 0 saturated carbocycles. The highest BCUT2D eigenvalue weighted by molar-refractivity contribution is 7.89. The van der Waals surface area contributed by atoms with Crippen molar-refractivity contribution in [2.75, 3.05) is 26.3 Å². The van der Waals surface area contributed by atoms with Gasteiger partial charge in [0, 0.05) is 18.7 Å². The van der Waals surface area contributed by atoms with Gasteiger partial charge < -0.3 is 9.64 Å². The first-order valence-corrected chi connectivity index (χ1v) is 7.13. The first-order chi connectivity index (χ1) is 8.89. The summed E-state index contributed by atoms with van der Waals surface area (Å²) in [6.45, 7) is 1.69. The Morgan fingerprint density at radius 3 is 2.53 bits per heavy atom. The lowest BCUT2D eigenvalue weighted by molar-refractivity contribution is 0.0302. The number of hydrogen-bond acceptors (Lipinski definition) is 4. The SMILES string of the molecule is NS(=O)(=O)c1cc(C(=O)N2CCOCC2)ccc1F. The molecule has 1 heterocycles. The number of morpholine rings is 1. The standard InChI is InChI=1S/C11H13FN2O4S/c12-9-2-1-8(7-10(9)19(13,16)17)11(15)14-3-5-18-6-4-14/h1-2,7H,3-6H2,(H2,13,16,17). The normalized spacial score (nSPS) is 16.4. The highest BCUT2D eigenvalue weighted by atomic mass is 32.2. The van der Waals surface area contributed by atoms with Gasteiger partial charge in [-0.1, -0.05) is 0 Å². The van der Waals surface area contributed by atoms with Crippen molar-refractivity contribution in [1.29, 1.82) is 0 Å². The number of carbonyl (C=O) groups excluding carboxylic acids is 1. The van der Waals surface area contributed by atoms with E-state index in [1.165, 1.54) is 11.0 Å². The van der Waals surface area contributed by atoms with Crippen LogP contribution in [-0.2, 0) is 14.8 Å². The molecule has 1 aromatic carbocycles. The largest absolute Gasteiger partial charge is 0.378 e. The molecule has 1 amide bonds. The van der Waals surface area contributed by atoms with E-state index in [-0.39, 0.29) is 11.5 Å². The van der Waals surface area contributed by atoms with Crippen molar-refractivity contribution in [3.8, 4) is 0 Å². The van der Waals surface area contributed by atoms with Gasteiger partial charge in [0.1, 0.15) is 10.7 Å². The van der Waals surface area contributed by atoms with Crippen LogP contribution in [0.3, 0.4) is 0 Å². The smallest absolute Gasteiger partial charge is 0.254 e. The summed E-state index contributed by atoms with van der Waals surface area (Å²) in [4.78, 5) is 12.9. The summed E-state index contributed by atoms with van der Waals surface area (Å²) in [6.07, 6.45) is 0. The number of sulfonamides is 1. The predicted molar refractivity (Wildman–Crippen MR) is 64.5 cm³/mol. The third-order valence-electron chi connectivity index (χ3n) is 2.78. The Hall–Kier alpha value is -1.51. The van der Waals surface area contributed by atoms with Crippen LogP contribution in [0.5, 0.6) is 0 Å². The van der Waals surface area contributed by atoms with Gasteiger partial charge in [0.05, 0.1) is 13.2 Å². The van der Waals surface area contributed by atoms with Crippen LogP contribution < -0.4 is 5.14 Å². The van der Waals surface area contributed by atoms with E-state index in [2.05, 4.69) is 0 Å². The summed E-state index contributed by atoms with van der Waals surface area (Å²) in [7, 11) is -4.19. The van der Waals surface area contributed by atoms with Crippen LogP contribution >= 0.6 is 0 Å². The minimum Gasteiger partial charge on any atom is -0.378 e. The van der Waals surface area contributed by atoms with Crippen molar-refractivity contribution in [3.05, 3.63) is 29.6 Å². The Morgan fingerprint density at radius 2 is 1.95 bits per heavy atom. The first kappa shape index (κ1) is 13.9. The second kappa shape index (κ2) is 5.24. The molecule has 0 aromatic heterocycles. The molecule has 1 fully saturated rings. The van der Waals surface area contributed by atoms with Gasteiger partial charge in [0.2, 0.25) is 10.0 Å². The van der Waals surface area contributed by atoms with Gasteiger partial charge in [0.15, 0.2) is 0 Å². The fourth-order valence-electron chi connectivity index (χ4n) is 1.80. The summed E-state index contributed by atoms with van der Waals surface area (Å²) < 4.78 is 40.9. The fraction of sp³-hybridized carbons (Fsp3) is 0.364. The van der Waals surface area contributed by atoms with Gasteiger partial charge >= 0.3 is 0 Å². The Kier molecular flexibility index (Phi) is 3.83. The number of rotatable bonds is 2. The maximum atomic E-state index is 13.4. The zero-order valence-corrected chi connectivity index (χ0v) is 10.8. The van der Waals surface area contributed by atoms with Crippen LogP contribution in [0, 0.1) is 5.82 Å². The number of primary sulfonamides is 1. The molecule has 1 saturated heterocycles. The van der Waals surface area contributed by atoms with Crippen molar-refractivity contribution in [2.45, 2.75) is 4.90 Å². The number of hydrogen-bond donors (Lipinski definition) is 1. The van der Waals surface area contributed by atoms with Crippen LogP contribution in [0.15, 0.2) is 23.1 Å². The quantitative estimate of drug-likeness (QED) is 0.826. The predicted octanol–water partition coefficient (Wildman–Crippen LogP) is -0.0545. The average molecular weight is 288 g/mol. The minimum absolute atomic E-state index is 0.0901. The highest BCUT2D eigenvalue weighted by Gasteiger charge is 2.22. The molecule has 0 unspecified atom stereocenters. The molecule has 19 heavy (non-hydrogen) atoms. The second-order valence-corrected chi connectivity index (χ2v) is 5.62. The molecule has 104 valence electrons. The van der Waals surface area contributed by atoms with Crippen LogP contribution in [0.25, 0.3) is 0 Å². The molecular formula is C11H13FN2O4S. The van der Waals surface area contributed by atoms with E-state index in [1.807, 2.05) is 0 Å². The van der Waals surface area contributed by atoms with E-state index in [9.17, 15) is 17.6 Å². The summed E-state index contributed by atoms with van der Waals surface area (Å²) in [5.74, 6) is -1.34. The second-order valence-electron chi connectivity index (χ2n) is 4.09. The van der Waals surface area contributed by atoms with E-state index in [4.69, 9.17) is 9.88 Å². The lowest BCUT2D eigenvalue weighted by atomic mass is 10.2. The molecule has 1 aromatic rings. The van der Waals surface area contributed by atoms with E-state index in [1.54, 1.807) is 0 Å². The number of carbonyl (C=O) groups is 1. The molecule has 0 radical (unpaired) electrons. The zero-order chi connectivity index (χ0) is 14.0. The van der Waals surface area contributed by atoms with Crippen molar-refractivity contribution in [1.82, 2.24) is 4.90 Å².